The van der Waals surface area contributed by atoms with Gasteiger partial charge in [-0.1, -0.05) is 0 Å². The van der Waals surface area contributed by atoms with Gasteiger partial charge in [0.15, 0.2) is 11.6 Å². The standard InChI is InChI=1S/C19H16F2N6O3S/c1-10-16(11(2)25-18(24-10)17(20)21)30-19-15(27-31(3,28)29)5-4-14(26-19)13-6-12(7-22)8-23-9-13/h4-6,8-9,17,27H,1-3H3. The molecule has 0 unspecified atom stereocenters. The van der Waals surface area contributed by atoms with Crippen LogP contribution < -0.4 is 9.46 Å². The molecule has 0 aliphatic heterocycles. The molecule has 0 saturated carbocycles. The highest BCUT2D eigenvalue weighted by atomic mass is 32.2. The van der Waals surface area contributed by atoms with E-state index < -0.39 is 22.3 Å². The molecule has 0 radical (unpaired) electrons. The summed E-state index contributed by atoms with van der Waals surface area (Å²) in [5.41, 5.74) is 1.43. The van der Waals surface area contributed by atoms with E-state index in [-0.39, 0.29) is 28.7 Å². The van der Waals surface area contributed by atoms with Gasteiger partial charge in [0.1, 0.15) is 11.8 Å². The molecule has 9 nitrogen and oxygen atoms in total. The van der Waals surface area contributed by atoms with E-state index in [0.29, 0.717) is 16.8 Å². The van der Waals surface area contributed by atoms with E-state index >= 15 is 0 Å². The summed E-state index contributed by atoms with van der Waals surface area (Å²) >= 11 is 0. The zero-order valence-corrected chi connectivity index (χ0v) is 17.4. The van der Waals surface area contributed by atoms with Crippen LogP contribution in [0.5, 0.6) is 11.6 Å². The van der Waals surface area contributed by atoms with Gasteiger partial charge in [0.25, 0.3) is 6.43 Å². The van der Waals surface area contributed by atoms with Gasteiger partial charge in [-0.2, -0.15) is 5.26 Å². The predicted molar refractivity (Wildman–Crippen MR) is 107 cm³/mol. The second kappa shape index (κ2) is 8.57. The van der Waals surface area contributed by atoms with Gasteiger partial charge in [0.2, 0.25) is 15.9 Å². The van der Waals surface area contributed by atoms with Crippen LogP contribution in [-0.4, -0.2) is 34.6 Å². The van der Waals surface area contributed by atoms with Gasteiger partial charge in [-0.05, 0) is 32.0 Å². The van der Waals surface area contributed by atoms with Gasteiger partial charge in [-0.15, -0.1) is 0 Å². The summed E-state index contributed by atoms with van der Waals surface area (Å²) in [7, 11) is -3.67. The van der Waals surface area contributed by atoms with Crippen molar-refractivity contribution >= 4 is 15.7 Å². The van der Waals surface area contributed by atoms with Crippen LogP contribution in [0.1, 0.15) is 29.2 Å². The number of halogens is 2. The topological polar surface area (TPSA) is 131 Å². The number of alkyl halides is 2. The molecule has 0 atom stereocenters. The third-order valence-electron chi connectivity index (χ3n) is 3.93. The van der Waals surface area contributed by atoms with Crippen LogP contribution in [-0.2, 0) is 10.0 Å². The Morgan fingerprint density at radius 2 is 1.81 bits per heavy atom. The summed E-state index contributed by atoms with van der Waals surface area (Å²) in [6.45, 7) is 2.92. The molecule has 3 rings (SSSR count). The maximum absolute atomic E-state index is 13.0. The average molecular weight is 446 g/mol. The van der Waals surface area contributed by atoms with Gasteiger partial charge in [0, 0.05) is 18.0 Å². The van der Waals surface area contributed by atoms with E-state index in [1.165, 1.54) is 38.4 Å². The largest absolute Gasteiger partial charge is 0.433 e. The minimum absolute atomic E-state index is 0.0207. The Morgan fingerprint density at radius 1 is 1.13 bits per heavy atom. The summed E-state index contributed by atoms with van der Waals surface area (Å²) in [6, 6.07) is 6.48. The molecule has 31 heavy (non-hydrogen) atoms. The van der Waals surface area contributed by atoms with E-state index in [0.717, 1.165) is 6.26 Å². The number of ether oxygens (including phenoxy) is 1. The van der Waals surface area contributed by atoms with Crippen molar-refractivity contribution in [1.82, 2.24) is 19.9 Å². The lowest BCUT2D eigenvalue weighted by Crippen LogP contribution is -2.12. The van der Waals surface area contributed by atoms with Gasteiger partial charge in [-0.3, -0.25) is 9.71 Å². The first-order valence-electron chi connectivity index (χ1n) is 8.73. The summed E-state index contributed by atoms with van der Waals surface area (Å²) < 4.78 is 57.5. The molecule has 0 aliphatic carbocycles. The van der Waals surface area contributed by atoms with Gasteiger partial charge in [-0.25, -0.2) is 32.2 Å². The molecule has 0 bridgehead atoms. The molecule has 160 valence electrons. The van der Waals surface area contributed by atoms with E-state index in [1.54, 1.807) is 6.07 Å². The first kappa shape index (κ1) is 22.0. The van der Waals surface area contributed by atoms with Gasteiger partial charge < -0.3 is 4.74 Å². The highest BCUT2D eigenvalue weighted by Gasteiger charge is 2.20. The van der Waals surface area contributed by atoms with Crippen LogP contribution >= 0.6 is 0 Å². The number of aryl methyl sites for hydroxylation is 2. The zero-order valence-electron chi connectivity index (χ0n) is 16.6. The molecule has 3 aromatic rings. The summed E-state index contributed by atoms with van der Waals surface area (Å²) in [5.74, 6) is -0.725. The second-order valence-electron chi connectivity index (χ2n) is 6.48. The fraction of sp³-hybridized carbons (Fsp3) is 0.211. The van der Waals surface area contributed by atoms with Crippen molar-refractivity contribution < 1.29 is 21.9 Å². The Bertz CT molecular complexity index is 1270. The maximum atomic E-state index is 13.0. The SMILES string of the molecule is Cc1nc(C(F)F)nc(C)c1Oc1nc(-c2cncc(C#N)c2)ccc1NS(C)(=O)=O. The second-order valence-corrected chi connectivity index (χ2v) is 8.23. The number of anilines is 1. The molecular formula is C19H16F2N6O3S. The number of nitrogens with zero attached hydrogens (tertiary/aromatic N) is 5. The van der Waals surface area contributed by atoms with Crippen LogP contribution in [0.3, 0.4) is 0 Å². The average Bonchev–Trinajstić information content (AvgIpc) is 2.70. The monoisotopic (exact) mass is 446 g/mol. The van der Waals surface area contributed by atoms with Crippen LogP contribution in [0.15, 0.2) is 30.6 Å². The lowest BCUT2D eigenvalue weighted by Gasteiger charge is -2.15. The number of nitrogens with one attached hydrogen (secondary N) is 1. The summed E-state index contributed by atoms with van der Waals surface area (Å²) in [5, 5.41) is 9.07. The normalized spacial score (nSPS) is 11.3. The Labute approximate surface area is 176 Å². The van der Waals surface area contributed by atoms with Crippen molar-refractivity contribution in [1.29, 1.82) is 5.26 Å². The minimum Gasteiger partial charge on any atom is -0.433 e. The third-order valence-corrected chi connectivity index (χ3v) is 4.53. The molecule has 0 aliphatic rings. The molecule has 0 aromatic carbocycles. The first-order chi connectivity index (χ1) is 14.6. The Kier molecular flexibility index (Phi) is 6.07. The van der Waals surface area contributed by atoms with Crippen molar-refractivity contribution in [2.75, 3.05) is 11.0 Å². The maximum Gasteiger partial charge on any atom is 0.297 e. The number of pyridine rings is 2. The molecule has 0 saturated heterocycles. The Balaban J connectivity index is 2.11. The van der Waals surface area contributed by atoms with Crippen molar-refractivity contribution in [2.45, 2.75) is 20.3 Å². The fourth-order valence-corrected chi connectivity index (χ4v) is 3.23. The molecule has 0 spiro atoms. The number of rotatable bonds is 6. The van der Waals surface area contributed by atoms with Crippen LogP contribution in [0.4, 0.5) is 14.5 Å². The van der Waals surface area contributed by atoms with E-state index in [4.69, 9.17) is 10.00 Å². The predicted octanol–water partition coefficient (Wildman–Crippen LogP) is 3.52. The van der Waals surface area contributed by atoms with Crippen LogP contribution in [0, 0.1) is 25.2 Å². The number of hydrogen-bond donors (Lipinski definition) is 1. The number of aromatic nitrogens is 4. The molecule has 0 fully saturated rings. The lowest BCUT2D eigenvalue weighted by molar-refractivity contribution is 0.139. The van der Waals surface area contributed by atoms with Gasteiger partial charge >= 0.3 is 0 Å². The van der Waals surface area contributed by atoms with Crippen molar-refractivity contribution in [3.05, 3.63) is 53.4 Å². The summed E-state index contributed by atoms with van der Waals surface area (Å²) in [4.78, 5) is 15.8. The van der Waals surface area contributed by atoms with Gasteiger partial charge in [0.05, 0.1) is 28.9 Å². The van der Waals surface area contributed by atoms with E-state index in [2.05, 4.69) is 24.7 Å². The van der Waals surface area contributed by atoms with E-state index in [9.17, 15) is 17.2 Å². The molecule has 12 heteroatoms. The molecule has 3 aromatic heterocycles. The van der Waals surface area contributed by atoms with Crippen LogP contribution in [0.2, 0.25) is 0 Å². The highest BCUT2D eigenvalue weighted by Crippen LogP contribution is 2.34. The number of hydrogen-bond acceptors (Lipinski definition) is 8. The fourth-order valence-electron chi connectivity index (χ4n) is 2.67. The van der Waals surface area contributed by atoms with Crippen molar-refractivity contribution in [3.8, 4) is 29.0 Å². The minimum atomic E-state index is -3.67. The molecule has 0 amide bonds. The highest BCUT2D eigenvalue weighted by molar-refractivity contribution is 7.92. The Hall–Kier alpha value is -3.72. The lowest BCUT2D eigenvalue weighted by atomic mass is 10.1. The molecular weight excluding hydrogens is 430 g/mol. The number of nitriles is 1. The quantitative estimate of drug-likeness (QED) is 0.608. The molecule has 3 heterocycles. The van der Waals surface area contributed by atoms with Crippen molar-refractivity contribution in [2.24, 2.45) is 0 Å². The van der Waals surface area contributed by atoms with Crippen molar-refractivity contribution in [3.63, 3.8) is 0 Å². The zero-order chi connectivity index (χ0) is 22.8. The Morgan fingerprint density at radius 3 is 2.39 bits per heavy atom. The first-order valence-corrected chi connectivity index (χ1v) is 10.6. The molecule has 1 N–H and O–H groups in total. The third kappa shape index (κ3) is 5.26. The van der Waals surface area contributed by atoms with Crippen LogP contribution in [0.25, 0.3) is 11.3 Å². The van der Waals surface area contributed by atoms with E-state index in [1.807, 2.05) is 6.07 Å². The summed E-state index contributed by atoms with van der Waals surface area (Å²) in [6.07, 6.45) is 0.973. The number of sulfonamides is 1. The smallest absolute Gasteiger partial charge is 0.297 e.